The average molecular weight is 333 g/mol. The van der Waals surface area contributed by atoms with Gasteiger partial charge in [-0.15, -0.1) is 11.3 Å². The Kier molecular flexibility index (Phi) is 5.70. The van der Waals surface area contributed by atoms with E-state index in [9.17, 15) is 9.59 Å². The van der Waals surface area contributed by atoms with Crippen LogP contribution in [0.3, 0.4) is 0 Å². The van der Waals surface area contributed by atoms with E-state index < -0.39 is 5.91 Å². The number of ether oxygens (including phenoxy) is 2. The van der Waals surface area contributed by atoms with Gasteiger partial charge in [0, 0.05) is 17.7 Å². The Balaban J connectivity index is 2.03. The summed E-state index contributed by atoms with van der Waals surface area (Å²) >= 11 is 1.34. The van der Waals surface area contributed by atoms with Crippen molar-refractivity contribution in [2.24, 2.45) is 5.73 Å². The Morgan fingerprint density at radius 3 is 2.87 bits per heavy atom. The van der Waals surface area contributed by atoms with Crippen LogP contribution in [0.15, 0.2) is 35.9 Å². The van der Waals surface area contributed by atoms with Crippen LogP contribution < -0.4 is 20.5 Å². The molecule has 0 aliphatic heterocycles. The first-order valence-electron chi connectivity index (χ1n) is 6.56. The summed E-state index contributed by atoms with van der Waals surface area (Å²) in [5, 5.41) is 4.95. The number of carbonyl (C=O) groups is 2. The number of aromatic nitrogens is 1. The molecule has 1 aromatic carbocycles. The summed E-state index contributed by atoms with van der Waals surface area (Å²) in [5.41, 5.74) is 5.77. The minimum Gasteiger partial charge on any atom is -0.493 e. The quantitative estimate of drug-likeness (QED) is 0.750. The molecule has 1 heterocycles. The molecule has 3 N–H and O–H groups in total. The SMILES string of the molecule is COc1cc(C=CC(=O)Nc2nccs2)ccc1OCC(N)=O. The van der Waals surface area contributed by atoms with Gasteiger partial charge in [0.15, 0.2) is 23.2 Å². The van der Waals surface area contributed by atoms with Gasteiger partial charge in [0.05, 0.1) is 7.11 Å². The molecule has 0 aliphatic rings. The Morgan fingerprint density at radius 1 is 1.39 bits per heavy atom. The zero-order valence-electron chi connectivity index (χ0n) is 12.3. The molecule has 0 spiro atoms. The maximum Gasteiger partial charge on any atom is 0.255 e. The first kappa shape index (κ1) is 16.5. The number of rotatable bonds is 7. The summed E-state index contributed by atoms with van der Waals surface area (Å²) in [4.78, 5) is 26.5. The summed E-state index contributed by atoms with van der Waals surface area (Å²) < 4.78 is 10.4. The molecule has 0 fully saturated rings. The number of amides is 2. The van der Waals surface area contributed by atoms with Gasteiger partial charge in [-0.1, -0.05) is 6.07 Å². The van der Waals surface area contributed by atoms with Gasteiger partial charge in [0.2, 0.25) is 5.91 Å². The van der Waals surface area contributed by atoms with Gasteiger partial charge in [-0.25, -0.2) is 4.98 Å². The van der Waals surface area contributed by atoms with Crippen molar-refractivity contribution >= 4 is 34.4 Å². The molecule has 120 valence electrons. The van der Waals surface area contributed by atoms with E-state index in [0.717, 1.165) is 5.56 Å². The van der Waals surface area contributed by atoms with E-state index in [4.69, 9.17) is 15.2 Å². The molecular formula is C15H15N3O4S. The van der Waals surface area contributed by atoms with Crippen molar-refractivity contribution in [3.05, 3.63) is 41.4 Å². The predicted octanol–water partition coefficient (Wildman–Crippen LogP) is 1.67. The molecule has 0 radical (unpaired) electrons. The number of nitrogens with two attached hydrogens (primary N) is 1. The van der Waals surface area contributed by atoms with Crippen molar-refractivity contribution in [1.29, 1.82) is 0 Å². The highest BCUT2D eigenvalue weighted by Gasteiger charge is 2.06. The molecule has 0 aliphatic carbocycles. The van der Waals surface area contributed by atoms with E-state index in [1.165, 1.54) is 24.5 Å². The number of anilines is 1. The minimum atomic E-state index is -0.574. The second-order valence-electron chi connectivity index (χ2n) is 4.33. The number of nitrogens with one attached hydrogen (secondary N) is 1. The van der Waals surface area contributed by atoms with Crippen LogP contribution in [0, 0.1) is 0 Å². The zero-order valence-corrected chi connectivity index (χ0v) is 13.1. The monoisotopic (exact) mass is 333 g/mol. The summed E-state index contributed by atoms with van der Waals surface area (Å²) in [6.45, 7) is -0.234. The normalized spacial score (nSPS) is 10.5. The molecule has 1 aromatic heterocycles. The van der Waals surface area contributed by atoms with Crippen LogP contribution in [0.1, 0.15) is 5.56 Å². The fourth-order valence-electron chi connectivity index (χ4n) is 1.66. The number of benzene rings is 1. The third-order valence-corrected chi connectivity index (χ3v) is 3.34. The van der Waals surface area contributed by atoms with Gasteiger partial charge < -0.3 is 15.2 Å². The van der Waals surface area contributed by atoms with Gasteiger partial charge in [-0.05, 0) is 23.8 Å². The lowest BCUT2D eigenvalue weighted by molar-refractivity contribution is -0.120. The third-order valence-electron chi connectivity index (χ3n) is 2.65. The summed E-state index contributed by atoms with van der Waals surface area (Å²) in [7, 11) is 1.48. The summed E-state index contributed by atoms with van der Waals surface area (Å²) in [6.07, 6.45) is 4.63. The largest absolute Gasteiger partial charge is 0.493 e. The number of hydrogen-bond donors (Lipinski definition) is 2. The molecule has 8 heteroatoms. The van der Waals surface area contributed by atoms with Crippen molar-refractivity contribution in [3.8, 4) is 11.5 Å². The van der Waals surface area contributed by atoms with Crippen molar-refractivity contribution in [2.75, 3.05) is 19.0 Å². The van der Waals surface area contributed by atoms with Gasteiger partial charge in [-0.2, -0.15) is 0 Å². The number of nitrogens with zero attached hydrogens (tertiary/aromatic N) is 1. The lowest BCUT2D eigenvalue weighted by atomic mass is 10.2. The molecule has 0 bridgehead atoms. The van der Waals surface area contributed by atoms with Crippen LogP contribution in [0.4, 0.5) is 5.13 Å². The fraction of sp³-hybridized carbons (Fsp3) is 0.133. The van der Waals surface area contributed by atoms with E-state index in [1.54, 1.807) is 35.9 Å². The first-order chi connectivity index (χ1) is 11.1. The lowest BCUT2D eigenvalue weighted by Crippen LogP contribution is -2.20. The van der Waals surface area contributed by atoms with E-state index in [0.29, 0.717) is 16.6 Å². The van der Waals surface area contributed by atoms with E-state index >= 15 is 0 Å². The highest BCUT2D eigenvalue weighted by molar-refractivity contribution is 7.13. The second-order valence-corrected chi connectivity index (χ2v) is 5.22. The third kappa shape index (κ3) is 5.11. The van der Waals surface area contributed by atoms with Gasteiger partial charge >= 0.3 is 0 Å². The molecule has 0 unspecified atom stereocenters. The Hall–Kier alpha value is -2.87. The molecule has 23 heavy (non-hydrogen) atoms. The Labute approximate surface area is 136 Å². The van der Waals surface area contributed by atoms with Crippen molar-refractivity contribution in [2.45, 2.75) is 0 Å². The molecule has 2 aromatic rings. The van der Waals surface area contributed by atoms with Crippen molar-refractivity contribution in [1.82, 2.24) is 4.98 Å². The van der Waals surface area contributed by atoms with Gasteiger partial charge in [-0.3, -0.25) is 14.9 Å². The highest BCUT2D eigenvalue weighted by atomic mass is 32.1. The smallest absolute Gasteiger partial charge is 0.255 e. The number of methoxy groups -OCH3 is 1. The standard InChI is InChI=1S/C15H15N3O4S/c1-21-12-8-10(2-4-11(12)22-9-13(16)19)3-5-14(20)18-15-17-6-7-23-15/h2-8H,9H2,1H3,(H2,16,19)(H,17,18,20). The van der Waals surface area contributed by atoms with Crippen LogP contribution in [0.5, 0.6) is 11.5 Å². The molecule has 7 nitrogen and oxygen atoms in total. The number of primary amides is 1. The van der Waals surface area contributed by atoms with Gasteiger partial charge in [0.1, 0.15) is 0 Å². The van der Waals surface area contributed by atoms with E-state index in [1.807, 2.05) is 0 Å². The molecular weight excluding hydrogens is 318 g/mol. The Morgan fingerprint density at radius 2 is 2.22 bits per heavy atom. The zero-order chi connectivity index (χ0) is 16.7. The fourth-order valence-corrected chi connectivity index (χ4v) is 2.19. The molecule has 0 saturated carbocycles. The number of thiazole rings is 1. The second kappa shape index (κ2) is 7.95. The van der Waals surface area contributed by atoms with Crippen molar-refractivity contribution < 1.29 is 19.1 Å². The number of hydrogen-bond acceptors (Lipinski definition) is 6. The number of carbonyl (C=O) groups excluding carboxylic acids is 2. The minimum absolute atomic E-state index is 0.234. The van der Waals surface area contributed by atoms with E-state index in [-0.39, 0.29) is 12.5 Å². The summed E-state index contributed by atoms with van der Waals surface area (Å²) in [5.74, 6) is -0.0210. The molecule has 2 rings (SSSR count). The topological polar surface area (TPSA) is 104 Å². The molecule has 0 saturated heterocycles. The highest BCUT2D eigenvalue weighted by Crippen LogP contribution is 2.28. The van der Waals surface area contributed by atoms with Crippen LogP contribution in [-0.4, -0.2) is 30.5 Å². The Bertz CT molecular complexity index is 714. The first-order valence-corrected chi connectivity index (χ1v) is 7.44. The molecule has 2 amide bonds. The van der Waals surface area contributed by atoms with Crippen LogP contribution in [-0.2, 0) is 9.59 Å². The molecule has 0 atom stereocenters. The average Bonchev–Trinajstić information content (AvgIpc) is 3.04. The maximum atomic E-state index is 11.7. The van der Waals surface area contributed by atoms with Crippen molar-refractivity contribution in [3.63, 3.8) is 0 Å². The lowest BCUT2D eigenvalue weighted by Gasteiger charge is -2.09. The van der Waals surface area contributed by atoms with Crippen LogP contribution in [0.2, 0.25) is 0 Å². The predicted molar refractivity (Wildman–Crippen MR) is 87.5 cm³/mol. The van der Waals surface area contributed by atoms with E-state index in [2.05, 4.69) is 10.3 Å². The van der Waals surface area contributed by atoms with Crippen LogP contribution >= 0.6 is 11.3 Å². The maximum absolute atomic E-state index is 11.7. The van der Waals surface area contributed by atoms with Crippen LogP contribution in [0.25, 0.3) is 6.08 Å². The summed E-state index contributed by atoms with van der Waals surface area (Å²) in [6, 6.07) is 5.05. The van der Waals surface area contributed by atoms with Gasteiger partial charge in [0.25, 0.3) is 5.91 Å².